The minimum absolute atomic E-state index is 0.00431. The van der Waals surface area contributed by atoms with Gasteiger partial charge in [0.05, 0.1) is 18.2 Å². The van der Waals surface area contributed by atoms with Gasteiger partial charge < -0.3 is 10.4 Å². The van der Waals surface area contributed by atoms with Crippen LogP contribution in [-0.2, 0) is 4.79 Å². The molecule has 1 unspecified atom stereocenters. The van der Waals surface area contributed by atoms with Crippen LogP contribution in [0.15, 0.2) is 53.4 Å². The maximum atomic E-state index is 12.0. The van der Waals surface area contributed by atoms with Gasteiger partial charge in [0.1, 0.15) is 0 Å². The van der Waals surface area contributed by atoms with Crippen LogP contribution >= 0.6 is 23.4 Å². The van der Waals surface area contributed by atoms with Gasteiger partial charge in [-0.15, -0.1) is 11.8 Å². The number of aliphatic hydroxyl groups is 1. The lowest BCUT2D eigenvalue weighted by molar-refractivity contribution is -0.118. The van der Waals surface area contributed by atoms with Gasteiger partial charge in [0.15, 0.2) is 0 Å². The van der Waals surface area contributed by atoms with Crippen LogP contribution in [0.4, 0.5) is 5.69 Å². The third-order valence-corrected chi connectivity index (χ3v) is 4.06. The molecule has 0 saturated heterocycles. The minimum Gasteiger partial charge on any atom is -0.388 e. The van der Waals surface area contributed by atoms with Gasteiger partial charge in [-0.1, -0.05) is 35.9 Å². The first kappa shape index (κ1) is 15.9. The average Bonchev–Trinajstić information content (AvgIpc) is 2.48. The predicted octanol–water partition coefficient (Wildman–Crippen LogP) is 4.12. The largest absolute Gasteiger partial charge is 0.388 e. The number of aliphatic hydroxyl groups excluding tert-OH is 1. The second-order valence-corrected chi connectivity index (χ2v) is 5.80. The highest BCUT2D eigenvalue weighted by molar-refractivity contribution is 7.98. The molecule has 1 atom stereocenters. The zero-order valence-electron chi connectivity index (χ0n) is 11.5. The van der Waals surface area contributed by atoms with Crippen molar-refractivity contribution in [3.8, 4) is 0 Å². The van der Waals surface area contributed by atoms with Crippen LogP contribution < -0.4 is 5.32 Å². The number of hydrogen-bond donors (Lipinski definition) is 2. The minimum atomic E-state index is -0.844. The van der Waals surface area contributed by atoms with Gasteiger partial charge in [-0.05, 0) is 36.1 Å². The predicted molar refractivity (Wildman–Crippen MR) is 87.9 cm³/mol. The van der Waals surface area contributed by atoms with E-state index in [1.54, 1.807) is 36.0 Å². The highest BCUT2D eigenvalue weighted by Crippen LogP contribution is 2.25. The first-order valence-corrected chi connectivity index (χ1v) is 8.07. The van der Waals surface area contributed by atoms with E-state index in [4.69, 9.17) is 11.6 Å². The number of carbonyl (C=O) groups excluding carboxylic acids is 1. The third-order valence-electron chi connectivity index (χ3n) is 3.01. The van der Waals surface area contributed by atoms with E-state index in [2.05, 4.69) is 5.32 Å². The van der Waals surface area contributed by atoms with E-state index in [0.717, 1.165) is 10.6 Å². The Morgan fingerprint density at radius 1 is 1.24 bits per heavy atom. The van der Waals surface area contributed by atoms with E-state index >= 15 is 0 Å². The molecule has 0 fully saturated rings. The molecule has 2 N–H and O–H groups in total. The summed E-state index contributed by atoms with van der Waals surface area (Å²) in [7, 11) is 0. The third kappa shape index (κ3) is 4.49. The Bertz CT molecular complexity index is 616. The van der Waals surface area contributed by atoms with Crippen molar-refractivity contribution in [2.45, 2.75) is 17.4 Å². The van der Waals surface area contributed by atoms with Crippen LogP contribution in [0.5, 0.6) is 0 Å². The molecule has 0 aliphatic carbocycles. The number of hydrogen-bond acceptors (Lipinski definition) is 3. The summed E-state index contributed by atoms with van der Waals surface area (Å²) in [5.74, 6) is -0.223. The van der Waals surface area contributed by atoms with Crippen molar-refractivity contribution in [1.82, 2.24) is 0 Å². The van der Waals surface area contributed by atoms with Gasteiger partial charge in [0, 0.05) is 9.92 Å². The monoisotopic (exact) mass is 321 g/mol. The van der Waals surface area contributed by atoms with Crippen molar-refractivity contribution in [3.05, 3.63) is 59.1 Å². The molecule has 21 heavy (non-hydrogen) atoms. The van der Waals surface area contributed by atoms with E-state index in [1.165, 1.54) is 0 Å². The molecule has 0 aliphatic rings. The first-order chi connectivity index (χ1) is 10.1. The Labute approximate surface area is 133 Å². The van der Waals surface area contributed by atoms with Crippen LogP contribution in [0.3, 0.4) is 0 Å². The molecule has 0 radical (unpaired) electrons. The number of para-hydroxylation sites is 1. The Kier molecular flexibility index (Phi) is 5.67. The Morgan fingerprint density at radius 3 is 2.57 bits per heavy atom. The molecular weight excluding hydrogens is 306 g/mol. The summed E-state index contributed by atoms with van der Waals surface area (Å²) in [4.78, 5) is 13.0. The second kappa shape index (κ2) is 7.50. The number of rotatable bonds is 5. The Hall–Kier alpha value is -1.49. The van der Waals surface area contributed by atoms with Crippen molar-refractivity contribution in [2.75, 3.05) is 11.6 Å². The van der Waals surface area contributed by atoms with Crippen molar-refractivity contribution in [3.63, 3.8) is 0 Å². The van der Waals surface area contributed by atoms with E-state index in [1.807, 2.05) is 30.5 Å². The van der Waals surface area contributed by atoms with Gasteiger partial charge >= 0.3 is 0 Å². The summed E-state index contributed by atoms with van der Waals surface area (Å²) in [6.07, 6.45) is 1.11. The van der Waals surface area contributed by atoms with Crippen molar-refractivity contribution in [1.29, 1.82) is 0 Å². The molecular formula is C16H16ClNO2S. The lowest BCUT2D eigenvalue weighted by atomic mass is 10.1. The zero-order valence-corrected chi connectivity index (χ0v) is 13.1. The maximum absolute atomic E-state index is 12.0. The van der Waals surface area contributed by atoms with Gasteiger partial charge in [0.25, 0.3) is 0 Å². The van der Waals surface area contributed by atoms with Gasteiger partial charge in [-0.2, -0.15) is 0 Å². The lowest BCUT2D eigenvalue weighted by Gasteiger charge is -2.13. The molecule has 1 amide bonds. The van der Waals surface area contributed by atoms with Crippen LogP contribution in [0.1, 0.15) is 18.1 Å². The molecule has 0 aliphatic heterocycles. The number of halogens is 1. The molecule has 0 saturated carbocycles. The Balaban J connectivity index is 1.99. The van der Waals surface area contributed by atoms with Crippen molar-refractivity contribution < 1.29 is 9.90 Å². The smallest absolute Gasteiger partial charge is 0.227 e. The molecule has 0 spiro atoms. The van der Waals surface area contributed by atoms with Crippen LogP contribution in [0, 0.1) is 0 Å². The lowest BCUT2D eigenvalue weighted by Crippen LogP contribution is -2.15. The number of carbonyl (C=O) groups is 1. The van der Waals surface area contributed by atoms with E-state index in [-0.39, 0.29) is 12.3 Å². The highest BCUT2D eigenvalue weighted by atomic mass is 35.5. The summed E-state index contributed by atoms with van der Waals surface area (Å²) in [5, 5.41) is 13.5. The quantitative estimate of drug-likeness (QED) is 0.814. The van der Waals surface area contributed by atoms with Gasteiger partial charge in [0.2, 0.25) is 5.91 Å². The second-order valence-electron chi connectivity index (χ2n) is 4.52. The molecule has 0 heterocycles. The summed E-state index contributed by atoms with van der Waals surface area (Å²) in [6.45, 7) is 0. The zero-order chi connectivity index (χ0) is 15.2. The number of anilines is 1. The van der Waals surface area contributed by atoms with Crippen LogP contribution in [0.2, 0.25) is 5.02 Å². The molecule has 5 heteroatoms. The molecule has 2 aromatic rings. The fraction of sp³-hybridized carbons (Fsp3) is 0.188. The SMILES string of the molecule is CSc1ccccc1NC(=O)CC(O)c1ccc(Cl)cc1. The number of amides is 1. The van der Waals surface area contributed by atoms with Crippen LogP contribution in [-0.4, -0.2) is 17.3 Å². The summed E-state index contributed by atoms with van der Waals surface area (Å²) >= 11 is 7.36. The standard InChI is InChI=1S/C16H16ClNO2S/c1-21-15-5-3-2-4-13(15)18-16(20)10-14(19)11-6-8-12(17)9-7-11/h2-9,14,19H,10H2,1H3,(H,18,20). The number of benzene rings is 2. The summed E-state index contributed by atoms with van der Waals surface area (Å²) in [6, 6.07) is 14.4. The van der Waals surface area contributed by atoms with E-state index in [0.29, 0.717) is 10.6 Å². The van der Waals surface area contributed by atoms with Crippen molar-refractivity contribution >= 4 is 35.0 Å². The molecule has 110 valence electrons. The molecule has 0 aromatic heterocycles. The van der Waals surface area contributed by atoms with Crippen molar-refractivity contribution in [2.24, 2.45) is 0 Å². The Morgan fingerprint density at radius 2 is 1.90 bits per heavy atom. The van der Waals surface area contributed by atoms with Gasteiger partial charge in [-0.3, -0.25) is 4.79 Å². The number of thioether (sulfide) groups is 1. The van der Waals surface area contributed by atoms with E-state index in [9.17, 15) is 9.90 Å². The molecule has 2 aromatic carbocycles. The normalized spacial score (nSPS) is 12.0. The fourth-order valence-electron chi connectivity index (χ4n) is 1.93. The molecule has 0 bridgehead atoms. The highest BCUT2D eigenvalue weighted by Gasteiger charge is 2.14. The van der Waals surface area contributed by atoms with Crippen LogP contribution in [0.25, 0.3) is 0 Å². The average molecular weight is 322 g/mol. The first-order valence-electron chi connectivity index (χ1n) is 6.46. The fourth-order valence-corrected chi connectivity index (χ4v) is 2.61. The van der Waals surface area contributed by atoms with Gasteiger partial charge in [-0.25, -0.2) is 0 Å². The summed E-state index contributed by atoms with van der Waals surface area (Å²) in [5.41, 5.74) is 1.44. The summed E-state index contributed by atoms with van der Waals surface area (Å²) < 4.78 is 0. The molecule has 2 rings (SSSR count). The number of nitrogens with one attached hydrogen (secondary N) is 1. The molecule has 3 nitrogen and oxygen atoms in total. The topological polar surface area (TPSA) is 49.3 Å². The maximum Gasteiger partial charge on any atom is 0.227 e. The van der Waals surface area contributed by atoms with E-state index < -0.39 is 6.10 Å².